The van der Waals surface area contributed by atoms with E-state index < -0.39 is 20.4 Å². The second-order valence-electron chi connectivity index (χ2n) is 5.30. The Balaban J connectivity index is 2.54. The molecule has 0 unspecified atom stereocenters. The van der Waals surface area contributed by atoms with Crippen molar-refractivity contribution >= 4 is 26.9 Å². The zero-order valence-corrected chi connectivity index (χ0v) is 14.0. The lowest BCUT2D eigenvalue weighted by molar-refractivity contribution is -0.386. The summed E-state index contributed by atoms with van der Waals surface area (Å²) >= 11 is 0. The van der Waals surface area contributed by atoms with Crippen LogP contribution in [0.3, 0.4) is 0 Å². The van der Waals surface area contributed by atoms with Crippen LogP contribution >= 0.6 is 0 Å². The maximum Gasteiger partial charge on any atom is 0.311 e. The molecule has 0 heterocycles. The summed E-state index contributed by atoms with van der Waals surface area (Å²) in [6.07, 6.45) is 1.80. The van der Waals surface area contributed by atoms with E-state index >= 15 is 0 Å². The number of hydrogen-bond acceptors (Lipinski definition) is 5. The quantitative estimate of drug-likeness (QED) is 0.666. The van der Waals surface area contributed by atoms with Crippen molar-refractivity contribution in [1.82, 2.24) is 0 Å². The van der Waals surface area contributed by atoms with Crippen molar-refractivity contribution < 1.29 is 13.3 Å². The van der Waals surface area contributed by atoms with Crippen LogP contribution in [0.25, 0.3) is 0 Å². The number of rotatable bonds is 5. The van der Waals surface area contributed by atoms with E-state index in [0.29, 0.717) is 5.69 Å². The van der Waals surface area contributed by atoms with Gasteiger partial charge >= 0.3 is 5.69 Å². The third-order valence-corrected chi connectivity index (χ3v) is 4.72. The lowest BCUT2D eigenvalue weighted by Crippen LogP contribution is -2.05. The Kier molecular flexibility index (Phi) is 4.70. The van der Waals surface area contributed by atoms with Gasteiger partial charge in [0.2, 0.25) is 0 Å². The highest BCUT2D eigenvalue weighted by Crippen LogP contribution is 2.34. The van der Waals surface area contributed by atoms with Gasteiger partial charge in [-0.05, 0) is 48.7 Å². The second kappa shape index (κ2) is 6.37. The molecule has 0 radical (unpaired) electrons. The van der Waals surface area contributed by atoms with E-state index in [-0.39, 0.29) is 10.6 Å². The summed E-state index contributed by atoms with van der Waals surface area (Å²) in [5.74, 6) is 0. The minimum absolute atomic E-state index is 0.156. The molecule has 0 fully saturated rings. The number of nitrogens with one attached hydrogen (secondary N) is 1. The fourth-order valence-electron chi connectivity index (χ4n) is 2.40. The molecule has 0 aromatic heterocycles. The molecular formula is C16H18N2O4S. The number of para-hydroxylation sites is 1. The normalized spacial score (nSPS) is 11.3. The summed E-state index contributed by atoms with van der Waals surface area (Å²) < 4.78 is 23.6. The van der Waals surface area contributed by atoms with Crippen LogP contribution in [0, 0.1) is 17.0 Å². The van der Waals surface area contributed by atoms with Crippen LogP contribution in [-0.2, 0) is 16.3 Å². The fraction of sp³-hybridized carbons (Fsp3) is 0.250. The minimum Gasteiger partial charge on any atom is -0.350 e. The van der Waals surface area contributed by atoms with Gasteiger partial charge in [-0.3, -0.25) is 10.1 Å². The molecule has 0 saturated carbocycles. The van der Waals surface area contributed by atoms with Crippen molar-refractivity contribution in [2.45, 2.75) is 25.2 Å². The average molecular weight is 334 g/mol. The van der Waals surface area contributed by atoms with E-state index in [2.05, 4.69) is 5.32 Å². The Labute approximate surface area is 135 Å². The zero-order valence-electron chi connectivity index (χ0n) is 13.2. The van der Waals surface area contributed by atoms with Gasteiger partial charge in [0.1, 0.15) is 10.6 Å². The lowest BCUT2D eigenvalue weighted by Gasteiger charge is -2.11. The zero-order chi connectivity index (χ0) is 17.2. The maximum absolute atomic E-state index is 11.8. The average Bonchev–Trinajstić information content (AvgIpc) is 2.47. The van der Waals surface area contributed by atoms with E-state index in [9.17, 15) is 18.5 Å². The smallest absolute Gasteiger partial charge is 0.311 e. The first-order valence-electron chi connectivity index (χ1n) is 7.08. The van der Waals surface area contributed by atoms with Crippen molar-refractivity contribution in [2.24, 2.45) is 0 Å². The Morgan fingerprint density at radius 3 is 2.48 bits per heavy atom. The molecule has 0 spiro atoms. The van der Waals surface area contributed by atoms with E-state index in [0.717, 1.165) is 23.8 Å². The summed E-state index contributed by atoms with van der Waals surface area (Å²) in [6, 6.07) is 9.87. The van der Waals surface area contributed by atoms with Crippen LogP contribution in [0.5, 0.6) is 0 Å². The van der Waals surface area contributed by atoms with Gasteiger partial charge in [0.25, 0.3) is 0 Å². The number of anilines is 2. The number of sulfone groups is 1. The third-order valence-electron chi connectivity index (χ3n) is 3.59. The van der Waals surface area contributed by atoms with Crippen LogP contribution in [0.1, 0.15) is 18.1 Å². The van der Waals surface area contributed by atoms with Crippen LogP contribution in [0.4, 0.5) is 17.1 Å². The molecule has 7 heteroatoms. The van der Waals surface area contributed by atoms with Crippen LogP contribution in [0.15, 0.2) is 41.3 Å². The van der Waals surface area contributed by atoms with Gasteiger partial charge < -0.3 is 5.32 Å². The predicted molar refractivity (Wildman–Crippen MR) is 90.0 cm³/mol. The number of aryl methyl sites for hydroxylation is 2. The Morgan fingerprint density at radius 2 is 1.91 bits per heavy atom. The molecule has 23 heavy (non-hydrogen) atoms. The van der Waals surface area contributed by atoms with Gasteiger partial charge in [0.05, 0.1) is 4.92 Å². The van der Waals surface area contributed by atoms with E-state index in [1.165, 1.54) is 18.2 Å². The first-order valence-corrected chi connectivity index (χ1v) is 8.97. The summed E-state index contributed by atoms with van der Waals surface area (Å²) in [5, 5.41) is 14.3. The maximum atomic E-state index is 11.8. The molecule has 122 valence electrons. The van der Waals surface area contributed by atoms with Crippen molar-refractivity contribution in [3.05, 3.63) is 57.6 Å². The Bertz CT molecular complexity index is 860. The van der Waals surface area contributed by atoms with Crippen LogP contribution < -0.4 is 5.32 Å². The van der Waals surface area contributed by atoms with Gasteiger partial charge in [-0.2, -0.15) is 0 Å². The van der Waals surface area contributed by atoms with Crippen molar-refractivity contribution in [3.63, 3.8) is 0 Å². The number of nitro benzene ring substituents is 1. The highest BCUT2D eigenvalue weighted by molar-refractivity contribution is 7.90. The number of hydrogen-bond donors (Lipinski definition) is 1. The summed E-state index contributed by atoms with van der Waals surface area (Å²) in [7, 11) is -3.69. The van der Waals surface area contributed by atoms with Crippen molar-refractivity contribution in [2.75, 3.05) is 11.6 Å². The first-order chi connectivity index (χ1) is 10.7. The van der Waals surface area contributed by atoms with Crippen molar-refractivity contribution in [3.8, 4) is 0 Å². The van der Waals surface area contributed by atoms with E-state index in [1.54, 1.807) is 0 Å². The molecule has 0 aliphatic carbocycles. The number of nitro groups is 1. The van der Waals surface area contributed by atoms with Crippen molar-refractivity contribution in [1.29, 1.82) is 0 Å². The third kappa shape index (κ3) is 3.68. The molecule has 0 amide bonds. The van der Waals surface area contributed by atoms with Gasteiger partial charge in [-0.25, -0.2) is 8.42 Å². The minimum atomic E-state index is -3.69. The molecule has 6 nitrogen and oxygen atoms in total. The highest BCUT2D eigenvalue weighted by Gasteiger charge is 2.26. The molecule has 0 aliphatic rings. The lowest BCUT2D eigenvalue weighted by atomic mass is 10.1. The highest BCUT2D eigenvalue weighted by atomic mass is 32.2. The predicted octanol–water partition coefficient (Wildman–Crippen LogP) is 3.61. The molecule has 0 aliphatic heterocycles. The summed E-state index contributed by atoms with van der Waals surface area (Å²) in [4.78, 5) is 10.4. The molecule has 2 rings (SSSR count). The number of benzene rings is 2. The van der Waals surface area contributed by atoms with Crippen LogP contribution in [0.2, 0.25) is 0 Å². The van der Waals surface area contributed by atoms with Crippen LogP contribution in [-0.4, -0.2) is 19.6 Å². The first kappa shape index (κ1) is 17.0. The Morgan fingerprint density at radius 1 is 1.22 bits per heavy atom. The van der Waals surface area contributed by atoms with E-state index in [4.69, 9.17) is 0 Å². The van der Waals surface area contributed by atoms with Gasteiger partial charge in [0.15, 0.2) is 9.84 Å². The van der Waals surface area contributed by atoms with Gasteiger partial charge in [-0.15, -0.1) is 0 Å². The molecule has 0 saturated heterocycles. The molecular weight excluding hydrogens is 316 g/mol. The molecule has 2 aromatic rings. The number of nitrogens with zero attached hydrogens (tertiary/aromatic N) is 1. The summed E-state index contributed by atoms with van der Waals surface area (Å²) in [6.45, 7) is 4.02. The summed E-state index contributed by atoms with van der Waals surface area (Å²) in [5.41, 5.74) is 2.66. The SMILES string of the molecule is CCc1cc(Nc2cccc(S(C)(=O)=O)c2[N+](=O)[O-])ccc1C. The molecule has 1 N–H and O–H groups in total. The Hall–Kier alpha value is -2.41. The monoisotopic (exact) mass is 334 g/mol. The van der Waals surface area contributed by atoms with Gasteiger partial charge in [-0.1, -0.05) is 19.1 Å². The molecule has 0 atom stereocenters. The fourth-order valence-corrected chi connectivity index (χ4v) is 3.26. The standard InChI is InChI=1S/C16H18N2O4S/c1-4-12-10-13(9-8-11(12)2)17-14-6-5-7-15(23(3,21)22)16(14)18(19)20/h5-10,17H,4H2,1-3H3. The molecule has 0 bridgehead atoms. The topological polar surface area (TPSA) is 89.3 Å². The largest absolute Gasteiger partial charge is 0.350 e. The molecule has 2 aromatic carbocycles. The second-order valence-corrected chi connectivity index (χ2v) is 7.29. The van der Waals surface area contributed by atoms with E-state index in [1.807, 2.05) is 32.0 Å². The van der Waals surface area contributed by atoms with Gasteiger partial charge in [0, 0.05) is 11.9 Å².